The Morgan fingerprint density at radius 1 is 1.13 bits per heavy atom. The van der Waals surface area contributed by atoms with Gasteiger partial charge in [-0.25, -0.2) is 10.9 Å². The summed E-state index contributed by atoms with van der Waals surface area (Å²) in [7, 11) is 0. The van der Waals surface area contributed by atoms with Crippen LogP contribution < -0.4 is 32.3 Å². The highest BCUT2D eigenvalue weighted by Crippen LogP contribution is 2.00. The Morgan fingerprint density at radius 3 is 2.43 bits per heavy atom. The van der Waals surface area contributed by atoms with E-state index in [9.17, 15) is 0 Å². The minimum absolute atomic E-state index is 0.0905. The zero-order valence-corrected chi connectivity index (χ0v) is 15.1. The van der Waals surface area contributed by atoms with Gasteiger partial charge in [0.05, 0.1) is 0 Å². The topological polar surface area (TPSA) is 85.1 Å². The van der Waals surface area contributed by atoms with E-state index in [1.165, 1.54) is 0 Å². The van der Waals surface area contributed by atoms with Gasteiger partial charge in [0, 0.05) is 38.1 Å². The SMILES string of the molecule is CCNC(=S)NNCC(Cc1cccnc1)NNC(=S)NCC. The molecule has 1 rings (SSSR count). The highest BCUT2D eigenvalue weighted by atomic mass is 32.1. The second kappa shape index (κ2) is 11.9. The number of hydrogen-bond acceptors (Lipinski definition) is 5. The molecule has 1 heterocycles. The molecule has 6 N–H and O–H groups in total. The van der Waals surface area contributed by atoms with Crippen molar-refractivity contribution >= 4 is 34.7 Å². The van der Waals surface area contributed by atoms with Gasteiger partial charge in [-0.15, -0.1) is 0 Å². The lowest BCUT2D eigenvalue weighted by molar-refractivity contribution is 0.440. The van der Waals surface area contributed by atoms with E-state index in [0.29, 0.717) is 16.8 Å². The van der Waals surface area contributed by atoms with E-state index in [2.05, 4.69) is 37.3 Å². The summed E-state index contributed by atoms with van der Waals surface area (Å²) < 4.78 is 0. The molecule has 1 unspecified atom stereocenters. The summed E-state index contributed by atoms with van der Waals surface area (Å²) in [4.78, 5) is 4.14. The number of hydrazine groups is 2. The van der Waals surface area contributed by atoms with Crippen LogP contribution in [0.15, 0.2) is 24.5 Å². The highest BCUT2D eigenvalue weighted by molar-refractivity contribution is 7.80. The van der Waals surface area contributed by atoms with Crippen molar-refractivity contribution in [3.05, 3.63) is 30.1 Å². The van der Waals surface area contributed by atoms with Crippen LogP contribution >= 0.6 is 24.4 Å². The van der Waals surface area contributed by atoms with Gasteiger partial charge in [0.1, 0.15) is 0 Å². The predicted octanol–water partition coefficient (Wildman–Crippen LogP) is -0.0301. The number of nitrogens with one attached hydrogen (secondary N) is 6. The summed E-state index contributed by atoms with van der Waals surface area (Å²) in [6.45, 7) is 6.18. The van der Waals surface area contributed by atoms with Gasteiger partial charge in [-0.3, -0.25) is 15.8 Å². The van der Waals surface area contributed by atoms with Crippen molar-refractivity contribution in [1.29, 1.82) is 0 Å². The summed E-state index contributed by atoms with van der Waals surface area (Å²) in [5.74, 6) is 0. The van der Waals surface area contributed by atoms with Gasteiger partial charge in [0.2, 0.25) is 0 Å². The summed E-state index contributed by atoms with van der Waals surface area (Å²) >= 11 is 10.3. The molecular weight excluding hydrogens is 330 g/mol. The fourth-order valence-electron chi connectivity index (χ4n) is 1.81. The lowest BCUT2D eigenvalue weighted by Crippen LogP contribution is -2.55. The molecule has 0 saturated heterocycles. The Hall–Kier alpha value is -1.55. The molecule has 1 atom stereocenters. The predicted molar refractivity (Wildman–Crippen MR) is 102 cm³/mol. The average molecular weight is 356 g/mol. The third kappa shape index (κ3) is 9.24. The first-order valence-electron chi connectivity index (χ1n) is 7.60. The Morgan fingerprint density at radius 2 is 1.83 bits per heavy atom. The maximum atomic E-state index is 5.16. The Kier molecular flexibility index (Phi) is 10.1. The van der Waals surface area contributed by atoms with Crippen molar-refractivity contribution in [2.45, 2.75) is 26.3 Å². The van der Waals surface area contributed by atoms with Crippen molar-refractivity contribution in [2.24, 2.45) is 0 Å². The second-order valence-corrected chi connectivity index (χ2v) is 5.57. The average Bonchev–Trinajstić information content (AvgIpc) is 2.54. The molecule has 9 heteroatoms. The fourth-order valence-corrected chi connectivity index (χ4v) is 2.23. The number of aromatic nitrogens is 1. The minimum atomic E-state index is 0.0905. The van der Waals surface area contributed by atoms with Crippen molar-refractivity contribution in [1.82, 2.24) is 37.3 Å². The van der Waals surface area contributed by atoms with Crippen LogP contribution in [0.5, 0.6) is 0 Å². The van der Waals surface area contributed by atoms with E-state index in [-0.39, 0.29) is 6.04 Å². The third-order valence-corrected chi connectivity index (χ3v) is 3.31. The van der Waals surface area contributed by atoms with Crippen LogP contribution in [0.1, 0.15) is 19.4 Å². The monoisotopic (exact) mass is 355 g/mol. The quantitative estimate of drug-likeness (QED) is 0.270. The standard InChI is InChI=1S/C14H25N7S2/c1-3-16-13(22)20-18-10-12(19-21-14(23)17-4-2)8-11-6-5-7-15-9-11/h5-7,9,12,18-19H,3-4,8,10H2,1-2H3,(H2,16,20,22)(H2,17,21,23). The Bertz CT molecular complexity index is 469. The van der Waals surface area contributed by atoms with Gasteiger partial charge in [0.25, 0.3) is 0 Å². The molecule has 0 saturated carbocycles. The van der Waals surface area contributed by atoms with Gasteiger partial charge in [-0.2, -0.15) is 0 Å². The largest absolute Gasteiger partial charge is 0.362 e. The first-order valence-corrected chi connectivity index (χ1v) is 8.42. The molecule has 0 amide bonds. The number of thiocarbonyl (C=S) groups is 2. The highest BCUT2D eigenvalue weighted by Gasteiger charge is 2.10. The van der Waals surface area contributed by atoms with Crippen LogP contribution in [0, 0.1) is 0 Å². The molecule has 1 aromatic heterocycles. The Labute approximate surface area is 148 Å². The van der Waals surface area contributed by atoms with Gasteiger partial charge in [-0.05, 0) is 56.3 Å². The van der Waals surface area contributed by atoms with E-state index in [0.717, 1.165) is 25.1 Å². The van der Waals surface area contributed by atoms with E-state index >= 15 is 0 Å². The first-order chi connectivity index (χ1) is 11.2. The van der Waals surface area contributed by atoms with Crippen LogP contribution in [0.3, 0.4) is 0 Å². The molecule has 128 valence electrons. The van der Waals surface area contributed by atoms with Crippen LogP contribution in [0.25, 0.3) is 0 Å². The molecule has 0 spiro atoms. The maximum absolute atomic E-state index is 5.16. The number of hydrogen-bond donors (Lipinski definition) is 6. The molecular formula is C14H25N7S2. The van der Waals surface area contributed by atoms with E-state index in [4.69, 9.17) is 24.4 Å². The molecule has 0 aromatic carbocycles. The van der Waals surface area contributed by atoms with Gasteiger partial charge in [0.15, 0.2) is 10.2 Å². The summed E-state index contributed by atoms with van der Waals surface area (Å²) in [5, 5.41) is 7.19. The molecule has 7 nitrogen and oxygen atoms in total. The van der Waals surface area contributed by atoms with Crippen molar-refractivity contribution < 1.29 is 0 Å². The fraction of sp³-hybridized carbons (Fsp3) is 0.500. The van der Waals surface area contributed by atoms with E-state index in [1.54, 1.807) is 6.20 Å². The molecule has 0 aliphatic carbocycles. The van der Waals surface area contributed by atoms with Gasteiger partial charge in [-0.1, -0.05) is 6.07 Å². The molecule has 0 fully saturated rings. The molecule has 0 aliphatic rings. The molecule has 0 aliphatic heterocycles. The number of nitrogens with zero attached hydrogens (tertiary/aromatic N) is 1. The first kappa shape index (κ1) is 19.5. The minimum Gasteiger partial charge on any atom is -0.362 e. The summed E-state index contributed by atoms with van der Waals surface area (Å²) in [6, 6.07) is 4.06. The van der Waals surface area contributed by atoms with Crippen LogP contribution in [0.4, 0.5) is 0 Å². The van der Waals surface area contributed by atoms with Crippen molar-refractivity contribution in [2.75, 3.05) is 19.6 Å². The number of rotatable bonds is 9. The van der Waals surface area contributed by atoms with Crippen LogP contribution in [-0.2, 0) is 6.42 Å². The smallest absolute Gasteiger partial charge is 0.180 e. The zero-order chi connectivity index (χ0) is 16.9. The maximum Gasteiger partial charge on any atom is 0.180 e. The lowest BCUT2D eigenvalue weighted by atomic mass is 10.1. The van der Waals surface area contributed by atoms with Gasteiger partial charge >= 0.3 is 0 Å². The number of pyridine rings is 1. The molecule has 0 radical (unpaired) electrons. The second-order valence-electron chi connectivity index (χ2n) is 4.76. The van der Waals surface area contributed by atoms with E-state index < -0.39 is 0 Å². The molecule has 1 aromatic rings. The normalized spacial score (nSPS) is 11.4. The van der Waals surface area contributed by atoms with Crippen molar-refractivity contribution in [3.63, 3.8) is 0 Å². The third-order valence-electron chi connectivity index (χ3n) is 2.82. The zero-order valence-electron chi connectivity index (χ0n) is 13.5. The van der Waals surface area contributed by atoms with E-state index in [1.807, 2.05) is 32.2 Å². The summed E-state index contributed by atoms with van der Waals surface area (Å²) in [6.07, 6.45) is 4.41. The lowest BCUT2D eigenvalue weighted by Gasteiger charge is -2.21. The molecule has 0 bridgehead atoms. The molecule has 23 heavy (non-hydrogen) atoms. The summed E-state index contributed by atoms with van der Waals surface area (Å²) in [5.41, 5.74) is 13.4. The van der Waals surface area contributed by atoms with Crippen LogP contribution in [0.2, 0.25) is 0 Å². The van der Waals surface area contributed by atoms with Crippen molar-refractivity contribution in [3.8, 4) is 0 Å². The van der Waals surface area contributed by atoms with Gasteiger partial charge < -0.3 is 10.6 Å². The Balaban J connectivity index is 2.47. The van der Waals surface area contributed by atoms with Crippen LogP contribution in [-0.4, -0.2) is 40.9 Å².